The number of aromatic amines is 1. The molecule has 0 saturated heterocycles. The summed E-state index contributed by atoms with van der Waals surface area (Å²) in [7, 11) is 0. The van der Waals surface area contributed by atoms with Gasteiger partial charge in [-0.15, -0.1) is 0 Å². The summed E-state index contributed by atoms with van der Waals surface area (Å²) in [5.41, 5.74) is 0.173. The van der Waals surface area contributed by atoms with E-state index in [0.29, 0.717) is 16.7 Å². The van der Waals surface area contributed by atoms with Gasteiger partial charge in [-0.05, 0) is 39.8 Å². The quantitative estimate of drug-likeness (QED) is 0.845. The first-order valence-corrected chi connectivity index (χ1v) is 6.95. The number of H-pyrrole nitrogens is 1. The summed E-state index contributed by atoms with van der Waals surface area (Å²) >= 11 is 0. The lowest BCUT2D eigenvalue weighted by atomic mass is 9.95. The third-order valence-corrected chi connectivity index (χ3v) is 4.10. The number of nitrogens with zero attached hydrogens (tertiary/aromatic N) is 2. The zero-order valence-electron chi connectivity index (χ0n) is 12.6. The Morgan fingerprint density at radius 1 is 1.19 bits per heavy atom. The Kier molecular flexibility index (Phi) is 2.83. The first-order chi connectivity index (χ1) is 9.73. The second-order valence-electron chi connectivity index (χ2n) is 6.51. The molecule has 0 fully saturated rings. The van der Waals surface area contributed by atoms with Crippen LogP contribution in [0.4, 0.5) is 0 Å². The average molecular weight is 285 g/mol. The molecule has 2 aromatic rings. The van der Waals surface area contributed by atoms with Crippen molar-refractivity contribution >= 4 is 16.5 Å². The van der Waals surface area contributed by atoms with Gasteiger partial charge in [0.2, 0.25) is 0 Å². The van der Waals surface area contributed by atoms with Gasteiger partial charge in [0.05, 0.1) is 22.0 Å². The normalized spacial score (nSPS) is 20.7. The maximum absolute atomic E-state index is 12.2. The van der Waals surface area contributed by atoms with E-state index in [1.807, 2.05) is 52.0 Å². The molecule has 0 aliphatic carbocycles. The SMILES string of the molecule is CC1(C)C=C(c2nc3ccccc3c(=O)[nH]2)C(C)(C)N1O. The van der Waals surface area contributed by atoms with Crippen LogP contribution >= 0.6 is 0 Å². The van der Waals surface area contributed by atoms with Crippen LogP contribution < -0.4 is 5.56 Å². The van der Waals surface area contributed by atoms with Crippen molar-refractivity contribution in [1.29, 1.82) is 0 Å². The summed E-state index contributed by atoms with van der Waals surface area (Å²) in [6.07, 6.45) is 1.94. The van der Waals surface area contributed by atoms with Crippen molar-refractivity contribution < 1.29 is 5.21 Å². The van der Waals surface area contributed by atoms with Crippen LogP contribution in [0.2, 0.25) is 0 Å². The summed E-state index contributed by atoms with van der Waals surface area (Å²) in [5.74, 6) is 0.508. The smallest absolute Gasteiger partial charge is 0.259 e. The van der Waals surface area contributed by atoms with E-state index in [2.05, 4.69) is 9.97 Å². The van der Waals surface area contributed by atoms with Gasteiger partial charge in [0.25, 0.3) is 5.56 Å². The number of aromatic nitrogens is 2. The molecule has 1 aliphatic heterocycles. The Labute approximate surface area is 122 Å². The monoisotopic (exact) mass is 285 g/mol. The highest BCUT2D eigenvalue weighted by molar-refractivity contribution is 5.80. The molecule has 0 saturated carbocycles. The highest BCUT2D eigenvalue weighted by atomic mass is 16.5. The van der Waals surface area contributed by atoms with E-state index < -0.39 is 11.1 Å². The molecule has 110 valence electrons. The van der Waals surface area contributed by atoms with Crippen LogP contribution in [0.25, 0.3) is 16.5 Å². The van der Waals surface area contributed by atoms with Gasteiger partial charge in [0.15, 0.2) is 0 Å². The summed E-state index contributed by atoms with van der Waals surface area (Å²) in [6.45, 7) is 7.65. The van der Waals surface area contributed by atoms with Gasteiger partial charge in [-0.2, -0.15) is 5.06 Å². The number of hydroxylamine groups is 2. The second kappa shape index (κ2) is 4.26. The Hall–Kier alpha value is -1.98. The van der Waals surface area contributed by atoms with E-state index in [4.69, 9.17) is 0 Å². The number of hydrogen-bond acceptors (Lipinski definition) is 4. The van der Waals surface area contributed by atoms with Crippen LogP contribution in [0, 0.1) is 0 Å². The number of benzene rings is 1. The molecular formula is C16H19N3O2. The van der Waals surface area contributed by atoms with E-state index in [0.717, 1.165) is 5.57 Å². The van der Waals surface area contributed by atoms with E-state index >= 15 is 0 Å². The van der Waals surface area contributed by atoms with E-state index in [-0.39, 0.29) is 5.56 Å². The Morgan fingerprint density at radius 3 is 2.48 bits per heavy atom. The molecule has 5 nitrogen and oxygen atoms in total. The summed E-state index contributed by atoms with van der Waals surface area (Å²) in [5, 5.41) is 12.2. The number of hydrogen-bond donors (Lipinski definition) is 2. The Bertz CT molecular complexity index is 803. The lowest BCUT2D eigenvalue weighted by Gasteiger charge is -2.35. The van der Waals surface area contributed by atoms with Gasteiger partial charge >= 0.3 is 0 Å². The molecule has 2 N–H and O–H groups in total. The summed E-state index contributed by atoms with van der Waals surface area (Å²) in [4.78, 5) is 19.6. The van der Waals surface area contributed by atoms with Gasteiger partial charge in [-0.25, -0.2) is 4.98 Å². The third-order valence-electron chi connectivity index (χ3n) is 4.10. The van der Waals surface area contributed by atoms with Crippen molar-refractivity contribution in [2.75, 3.05) is 0 Å². The molecule has 1 aromatic heterocycles. The number of fused-ring (bicyclic) bond motifs is 1. The van der Waals surface area contributed by atoms with Gasteiger partial charge < -0.3 is 10.2 Å². The predicted octanol–water partition coefficient (Wildman–Crippen LogP) is 2.57. The third kappa shape index (κ3) is 2.01. The van der Waals surface area contributed by atoms with Gasteiger partial charge in [-0.3, -0.25) is 4.79 Å². The molecule has 2 heterocycles. The fourth-order valence-electron chi connectivity index (χ4n) is 3.00. The molecule has 5 heteroatoms. The van der Waals surface area contributed by atoms with Gasteiger partial charge in [0.1, 0.15) is 5.82 Å². The maximum atomic E-state index is 12.2. The fourth-order valence-corrected chi connectivity index (χ4v) is 3.00. The highest BCUT2D eigenvalue weighted by Gasteiger charge is 2.46. The van der Waals surface area contributed by atoms with Crippen LogP contribution in [-0.2, 0) is 0 Å². The topological polar surface area (TPSA) is 69.2 Å². The van der Waals surface area contributed by atoms with Crippen molar-refractivity contribution in [3.05, 3.63) is 46.5 Å². The number of para-hydroxylation sites is 1. The van der Waals surface area contributed by atoms with Crippen molar-refractivity contribution in [2.24, 2.45) is 0 Å². The largest absolute Gasteiger partial charge is 0.312 e. The molecule has 1 aromatic carbocycles. The molecule has 21 heavy (non-hydrogen) atoms. The van der Waals surface area contributed by atoms with E-state index in [1.54, 1.807) is 6.07 Å². The molecule has 0 amide bonds. The Morgan fingerprint density at radius 2 is 1.86 bits per heavy atom. The summed E-state index contributed by atoms with van der Waals surface area (Å²) in [6, 6.07) is 7.24. The fraction of sp³-hybridized carbons (Fsp3) is 0.375. The predicted molar refractivity (Wildman–Crippen MR) is 82.1 cm³/mol. The lowest BCUT2D eigenvalue weighted by molar-refractivity contribution is -0.180. The van der Waals surface area contributed by atoms with Crippen LogP contribution in [0.15, 0.2) is 35.1 Å². The minimum atomic E-state index is -0.623. The van der Waals surface area contributed by atoms with Gasteiger partial charge in [0, 0.05) is 5.57 Å². The second-order valence-corrected chi connectivity index (χ2v) is 6.51. The highest BCUT2D eigenvalue weighted by Crippen LogP contribution is 2.42. The van der Waals surface area contributed by atoms with Crippen molar-refractivity contribution in [1.82, 2.24) is 15.0 Å². The molecular weight excluding hydrogens is 266 g/mol. The van der Waals surface area contributed by atoms with Crippen molar-refractivity contribution in [2.45, 2.75) is 38.8 Å². The minimum Gasteiger partial charge on any atom is -0.312 e. The van der Waals surface area contributed by atoms with Crippen LogP contribution in [0.3, 0.4) is 0 Å². The molecule has 0 radical (unpaired) electrons. The first kappa shape index (κ1) is 14.0. The standard InChI is InChI=1S/C16H19N3O2/c1-15(2)9-11(16(3,4)19(15)21)13-17-12-8-6-5-7-10(12)14(20)18-13/h5-9,21H,1-4H3,(H,17,18,20). The molecule has 0 unspecified atom stereocenters. The molecule has 0 bridgehead atoms. The summed E-state index contributed by atoms with van der Waals surface area (Å²) < 4.78 is 0. The molecule has 0 atom stereocenters. The van der Waals surface area contributed by atoms with Crippen LogP contribution in [0.1, 0.15) is 33.5 Å². The Balaban J connectivity index is 2.24. The number of rotatable bonds is 1. The van der Waals surface area contributed by atoms with E-state index in [9.17, 15) is 10.0 Å². The van der Waals surface area contributed by atoms with Crippen LogP contribution in [-0.4, -0.2) is 31.3 Å². The van der Waals surface area contributed by atoms with Crippen molar-refractivity contribution in [3.8, 4) is 0 Å². The van der Waals surface area contributed by atoms with Crippen LogP contribution in [0.5, 0.6) is 0 Å². The average Bonchev–Trinajstić information content (AvgIpc) is 2.59. The molecule has 1 aliphatic rings. The lowest BCUT2D eigenvalue weighted by Crippen LogP contribution is -2.47. The van der Waals surface area contributed by atoms with Crippen molar-refractivity contribution in [3.63, 3.8) is 0 Å². The minimum absolute atomic E-state index is 0.165. The molecule has 3 rings (SSSR count). The first-order valence-electron chi connectivity index (χ1n) is 6.95. The molecule has 0 spiro atoms. The van der Waals surface area contributed by atoms with E-state index in [1.165, 1.54) is 5.06 Å². The number of nitrogens with one attached hydrogen (secondary N) is 1. The van der Waals surface area contributed by atoms with Gasteiger partial charge in [-0.1, -0.05) is 18.2 Å². The zero-order valence-corrected chi connectivity index (χ0v) is 12.6. The zero-order chi connectivity index (χ0) is 15.4. The maximum Gasteiger partial charge on any atom is 0.259 e.